The summed E-state index contributed by atoms with van der Waals surface area (Å²) >= 11 is 5.79. The highest BCUT2D eigenvalue weighted by Crippen LogP contribution is 2.22. The van der Waals surface area contributed by atoms with Crippen LogP contribution in [0.4, 0.5) is 10.1 Å². The largest absolute Gasteiger partial charge is 0.425 e. The van der Waals surface area contributed by atoms with Gasteiger partial charge < -0.3 is 15.4 Å². The monoisotopic (exact) mass is 364 g/mol. The first-order valence-corrected chi connectivity index (χ1v) is 7.88. The van der Waals surface area contributed by atoms with E-state index in [1.807, 2.05) is 0 Å². The number of hydrogen-bond donors (Lipinski definition) is 2. The molecule has 0 spiro atoms. The van der Waals surface area contributed by atoms with Crippen LogP contribution in [0.1, 0.15) is 24.2 Å². The maximum absolute atomic E-state index is 14.0. The molecule has 0 aliphatic carbocycles. The molecule has 2 aromatic rings. The van der Waals surface area contributed by atoms with Crippen molar-refractivity contribution < 1.29 is 18.7 Å². The molecule has 0 aliphatic heterocycles. The van der Waals surface area contributed by atoms with Crippen LogP contribution in [0.5, 0.6) is 5.75 Å². The van der Waals surface area contributed by atoms with Gasteiger partial charge in [0.2, 0.25) is 0 Å². The molecule has 0 aliphatic rings. The van der Waals surface area contributed by atoms with Crippen molar-refractivity contribution in [1.29, 1.82) is 0 Å². The van der Waals surface area contributed by atoms with Crippen molar-refractivity contribution in [3.63, 3.8) is 0 Å². The van der Waals surface area contributed by atoms with E-state index in [-0.39, 0.29) is 5.56 Å². The Balaban J connectivity index is 2.11. The van der Waals surface area contributed by atoms with Crippen molar-refractivity contribution in [3.8, 4) is 5.75 Å². The van der Waals surface area contributed by atoms with E-state index < -0.39 is 23.2 Å². The van der Waals surface area contributed by atoms with E-state index >= 15 is 0 Å². The van der Waals surface area contributed by atoms with Crippen molar-refractivity contribution in [1.82, 2.24) is 5.32 Å². The molecule has 5 nitrogen and oxygen atoms in total. The minimum absolute atomic E-state index is 0.0744. The Morgan fingerprint density at radius 1 is 1.12 bits per heavy atom. The Morgan fingerprint density at radius 2 is 1.76 bits per heavy atom. The van der Waals surface area contributed by atoms with Crippen molar-refractivity contribution in [2.75, 3.05) is 12.4 Å². The number of rotatable bonds is 5. The average molecular weight is 365 g/mol. The number of halogens is 2. The first kappa shape index (κ1) is 18.7. The summed E-state index contributed by atoms with van der Waals surface area (Å²) in [6.07, 6.45) is 0. The molecule has 7 heteroatoms. The normalized spacial score (nSPS) is 10.9. The molecule has 0 atom stereocenters. The van der Waals surface area contributed by atoms with Crippen LogP contribution >= 0.6 is 11.6 Å². The third-order valence-corrected chi connectivity index (χ3v) is 3.68. The zero-order valence-electron chi connectivity index (χ0n) is 14.0. The van der Waals surface area contributed by atoms with Gasteiger partial charge in [0.25, 0.3) is 5.91 Å². The fourth-order valence-electron chi connectivity index (χ4n) is 2.06. The van der Waals surface area contributed by atoms with Crippen molar-refractivity contribution >= 4 is 29.2 Å². The number of hydrogen-bond acceptors (Lipinski definition) is 4. The summed E-state index contributed by atoms with van der Waals surface area (Å²) in [6.45, 7) is 3.21. The van der Waals surface area contributed by atoms with Gasteiger partial charge in [0.1, 0.15) is 17.1 Å². The minimum atomic E-state index is -1.12. The third-order valence-electron chi connectivity index (χ3n) is 3.43. The van der Waals surface area contributed by atoms with Gasteiger partial charge >= 0.3 is 5.97 Å². The Labute approximate surface area is 150 Å². The van der Waals surface area contributed by atoms with Gasteiger partial charge in [0.15, 0.2) is 0 Å². The maximum atomic E-state index is 14.0. The van der Waals surface area contributed by atoms with Crippen LogP contribution in [0.3, 0.4) is 0 Å². The lowest BCUT2D eigenvalue weighted by molar-refractivity contribution is -0.138. The van der Waals surface area contributed by atoms with E-state index in [1.165, 1.54) is 19.2 Å². The highest BCUT2D eigenvalue weighted by Gasteiger charge is 2.30. The molecule has 0 saturated heterocycles. The van der Waals surface area contributed by atoms with Gasteiger partial charge in [-0.2, -0.15) is 0 Å². The van der Waals surface area contributed by atoms with Crippen LogP contribution in [0.15, 0.2) is 42.5 Å². The van der Waals surface area contributed by atoms with Gasteiger partial charge in [0.05, 0.1) is 5.56 Å². The molecule has 2 N–H and O–H groups in total. The van der Waals surface area contributed by atoms with E-state index in [2.05, 4.69) is 10.6 Å². The van der Waals surface area contributed by atoms with E-state index in [0.717, 1.165) is 6.07 Å². The predicted octanol–water partition coefficient (Wildman–Crippen LogP) is 3.63. The topological polar surface area (TPSA) is 67.4 Å². The molecule has 0 bridgehead atoms. The van der Waals surface area contributed by atoms with Crippen molar-refractivity contribution in [2.24, 2.45) is 0 Å². The molecule has 0 unspecified atom stereocenters. The summed E-state index contributed by atoms with van der Waals surface area (Å²) in [7, 11) is 1.42. The van der Waals surface area contributed by atoms with Gasteiger partial charge in [-0.05, 0) is 56.3 Å². The fraction of sp³-hybridized carbons (Fsp3) is 0.222. The van der Waals surface area contributed by atoms with E-state index in [9.17, 15) is 14.0 Å². The standard InChI is InChI=1S/C18H18ClFN2O3/c1-18(2,17(24)25-13-7-4-11(19)5-8-13)22-12-6-9-14(15(20)10-12)16(23)21-3/h4-10,22H,1-3H3,(H,21,23). The molecule has 0 saturated carbocycles. The first-order chi connectivity index (χ1) is 11.7. The number of nitrogens with one attached hydrogen (secondary N) is 2. The van der Waals surface area contributed by atoms with E-state index in [1.54, 1.807) is 38.1 Å². The predicted molar refractivity (Wildman–Crippen MR) is 94.6 cm³/mol. The van der Waals surface area contributed by atoms with Crippen LogP contribution in [0, 0.1) is 5.82 Å². The van der Waals surface area contributed by atoms with E-state index in [0.29, 0.717) is 16.5 Å². The number of carbonyl (C=O) groups excluding carboxylic acids is 2. The summed E-state index contributed by atoms with van der Waals surface area (Å²) in [6, 6.07) is 10.4. The Kier molecular flexibility index (Phi) is 5.64. The number of esters is 1. The Bertz CT molecular complexity index is 791. The number of ether oxygens (including phenoxy) is 1. The van der Waals surface area contributed by atoms with Crippen LogP contribution in [-0.2, 0) is 4.79 Å². The summed E-state index contributed by atoms with van der Waals surface area (Å²) in [4.78, 5) is 23.9. The highest BCUT2D eigenvalue weighted by atomic mass is 35.5. The number of carbonyl (C=O) groups is 2. The van der Waals surface area contributed by atoms with Crippen LogP contribution in [-0.4, -0.2) is 24.5 Å². The quantitative estimate of drug-likeness (QED) is 0.628. The molecule has 25 heavy (non-hydrogen) atoms. The summed E-state index contributed by atoms with van der Waals surface area (Å²) in [5, 5.41) is 5.79. The highest BCUT2D eigenvalue weighted by molar-refractivity contribution is 6.30. The Hall–Kier alpha value is -2.60. The molecular weight excluding hydrogens is 347 g/mol. The molecule has 2 aromatic carbocycles. The van der Waals surface area contributed by atoms with Gasteiger partial charge in [0, 0.05) is 17.8 Å². The minimum Gasteiger partial charge on any atom is -0.425 e. The lowest BCUT2D eigenvalue weighted by atomic mass is 10.0. The molecule has 2 rings (SSSR count). The van der Waals surface area contributed by atoms with Crippen molar-refractivity contribution in [3.05, 3.63) is 58.9 Å². The third kappa shape index (κ3) is 4.70. The summed E-state index contributed by atoms with van der Waals surface area (Å²) in [5.41, 5.74) is -0.849. The number of amides is 1. The smallest absolute Gasteiger partial charge is 0.336 e. The molecule has 1 amide bonds. The lowest BCUT2D eigenvalue weighted by Crippen LogP contribution is -2.43. The van der Waals surface area contributed by atoms with Gasteiger partial charge in [-0.1, -0.05) is 11.6 Å². The SMILES string of the molecule is CNC(=O)c1ccc(NC(C)(C)C(=O)Oc2ccc(Cl)cc2)cc1F. The van der Waals surface area contributed by atoms with Gasteiger partial charge in [-0.25, -0.2) is 9.18 Å². The molecule has 0 radical (unpaired) electrons. The van der Waals surface area contributed by atoms with Gasteiger partial charge in [-0.3, -0.25) is 4.79 Å². The Morgan fingerprint density at radius 3 is 2.32 bits per heavy atom. The van der Waals surface area contributed by atoms with Crippen LogP contribution < -0.4 is 15.4 Å². The van der Waals surface area contributed by atoms with Crippen molar-refractivity contribution in [2.45, 2.75) is 19.4 Å². The molecular formula is C18H18ClFN2O3. The lowest BCUT2D eigenvalue weighted by Gasteiger charge is -2.25. The van der Waals surface area contributed by atoms with E-state index in [4.69, 9.17) is 16.3 Å². The summed E-state index contributed by atoms with van der Waals surface area (Å²) < 4.78 is 19.3. The second kappa shape index (κ2) is 7.53. The number of anilines is 1. The molecule has 0 heterocycles. The molecule has 132 valence electrons. The fourth-order valence-corrected chi connectivity index (χ4v) is 2.19. The molecule has 0 fully saturated rings. The second-order valence-electron chi connectivity index (χ2n) is 5.87. The zero-order valence-corrected chi connectivity index (χ0v) is 14.8. The second-order valence-corrected chi connectivity index (χ2v) is 6.30. The number of benzene rings is 2. The summed E-state index contributed by atoms with van der Waals surface area (Å²) in [5.74, 6) is -1.41. The average Bonchev–Trinajstić information content (AvgIpc) is 2.56. The maximum Gasteiger partial charge on any atom is 0.336 e. The van der Waals surface area contributed by atoms with Crippen LogP contribution in [0.25, 0.3) is 0 Å². The molecule has 0 aromatic heterocycles. The first-order valence-electron chi connectivity index (χ1n) is 7.50. The van der Waals surface area contributed by atoms with Crippen LogP contribution in [0.2, 0.25) is 5.02 Å². The zero-order chi connectivity index (χ0) is 18.6. The van der Waals surface area contributed by atoms with Gasteiger partial charge in [-0.15, -0.1) is 0 Å².